The Labute approximate surface area is 174 Å². The highest BCUT2D eigenvalue weighted by Gasteiger charge is 2.15. The first-order chi connectivity index (χ1) is 13.2. The summed E-state index contributed by atoms with van der Waals surface area (Å²) < 4.78 is 10.6. The van der Waals surface area contributed by atoms with E-state index in [0.717, 1.165) is 17.4 Å². The van der Waals surface area contributed by atoms with E-state index in [4.69, 9.17) is 14.6 Å². The van der Waals surface area contributed by atoms with Gasteiger partial charge in [-0.05, 0) is 62.7 Å². The summed E-state index contributed by atoms with van der Waals surface area (Å²) in [4.78, 5) is 21.4. The number of ether oxygens (including phenoxy) is 2. The van der Waals surface area contributed by atoms with Gasteiger partial charge in [-0.1, -0.05) is 28.1 Å². The molecular weight excluding hydrogens is 426 g/mol. The van der Waals surface area contributed by atoms with Crippen LogP contribution < -0.4 is 10.1 Å². The molecule has 0 aliphatic rings. The van der Waals surface area contributed by atoms with E-state index in [9.17, 15) is 9.59 Å². The molecule has 0 saturated heterocycles. The van der Waals surface area contributed by atoms with E-state index in [1.807, 2.05) is 45.0 Å². The van der Waals surface area contributed by atoms with Crippen LogP contribution in [-0.4, -0.2) is 36.2 Å². The van der Waals surface area contributed by atoms with E-state index in [0.29, 0.717) is 18.7 Å². The smallest absolute Gasteiger partial charge is 0.407 e. The molecule has 6 nitrogen and oxygen atoms in total. The van der Waals surface area contributed by atoms with Gasteiger partial charge in [0.2, 0.25) is 0 Å². The van der Waals surface area contributed by atoms with E-state index in [2.05, 4.69) is 21.2 Å². The summed E-state index contributed by atoms with van der Waals surface area (Å²) in [5.74, 6) is 0.969. The second-order valence-corrected chi connectivity index (χ2v) is 7.32. The number of nitrogens with one attached hydrogen (secondary N) is 1. The van der Waals surface area contributed by atoms with Gasteiger partial charge in [0.15, 0.2) is 0 Å². The average Bonchev–Trinajstić information content (AvgIpc) is 2.65. The molecule has 2 aromatic rings. The summed E-state index contributed by atoms with van der Waals surface area (Å²) in [6.45, 7) is 6.31. The van der Waals surface area contributed by atoms with Crippen LogP contribution in [0.1, 0.15) is 36.7 Å². The van der Waals surface area contributed by atoms with Gasteiger partial charge < -0.3 is 19.9 Å². The van der Waals surface area contributed by atoms with Crippen molar-refractivity contribution >= 4 is 28.3 Å². The Morgan fingerprint density at radius 2 is 1.71 bits per heavy atom. The van der Waals surface area contributed by atoms with E-state index in [-0.39, 0.29) is 5.75 Å². The van der Waals surface area contributed by atoms with Gasteiger partial charge >= 0.3 is 6.09 Å². The summed E-state index contributed by atoms with van der Waals surface area (Å²) >= 11 is 3.38. The van der Waals surface area contributed by atoms with E-state index < -0.39 is 11.7 Å². The number of aldehydes is 1. The average molecular weight is 452 g/mol. The number of benzene rings is 2. The minimum atomic E-state index is -0.476. The number of phenols is 1. The SMILES string of the molecule is CC(C)(C)OC(=O)NCCOc1ccc(CBr)cc1.O=Cc1ccc(O)cc1. The van der Waals surface area contributed by atoms with Gasteiger partial charge in [-0.25, -0.2) is 4.79 Å². The Balaban J connectivity index is 0.000000362. The molecule has 0 aromatic heterocycles. The van der Waals surface area contributed by atoms with Crippen molar-refractivity contribution in [2.75, 3.05) is 13.2 Å². The molecule has 0 unspecified atom stereocenters. The first-order valence-corrected chi connectivity index (χ1v) is 9.84. The Bertz CT molecular complexity index is 724. The normalized spacial score (nSPS) is 10.3. The van der Waals surface area contributed by atoms with Crippen LogP contribution in [0.15, 0.2) is 48.5 Å². The van der Waals surface area contributed by atoms with E-state index in [1.54, 1.807) is 12.1 Å². The molecule has 1 amide bonds. The molecule has 2 rings (SSSR count). The highest BCUT2D eigenvalue weighted by atomic mass is 79.9. The lowest BCUT2D eigenvalue weighted by Crippen LogP contribution is -2.34. The highest BCUT2D eigenvalue weighted by molar-refractivity contribution is 9.08. The number of carbonyl (C=O) groups excluding carboxylic acids is 2. The van der Waals surface area contributed by atoms with Gasteiger partial charge in [-0.15, -0.1) is 0 Å². The summed E-state index contributed by atoms with van der Waals surface area (Å²) in [6.07, 6.45) is 0.310. The monoisotopic (exact) mass is 451 g/mol. The van der Waals surface area contributed by atoms with Crippen molar-refractivity contribution in [1.82, 2.24) is 5.32 Å². The van der Waals surface area contributed by atoms with Crippen LogP contribution in [0.25, 0.3) is 0 Å². The first-order valence-electron chi connectivity index (χ1n) is 8.72. The third kappa shape index (κ3) is 10.6. The fourth-order valence-electron chi connectivity index (χ4n) is 1.86. The van der Waals surface area contributed by atoms with Gasteiger partial charge in [0.1, 0.15) is 30.0 Å². The second-order valence-electron chi connectivity index (χ2n) is 6.76. The Morgan fingerprint density at radius 3 is 2.21 bits per heavy atom. The van der Waals surface area contributed by atoms with Crippen molar-refractivity contribution < 1.29 is 24.2 Å². The molecule has 28 heavy (non-hydrogen) atoms. The number of alkyl carbamates (subject to hydrolysis) is 1. The van der Waals surface area contributed by atoms with Gasteiger partial charge in [0.05, 0.1) is 6.54 Å². The summed E-state index contributed by atoms with van der Waals surface area (Å²) in [5, 5.41) is 12.2. The molecule has 7 heteroatoms. The van der Waals surface area contributed by atoms with Gasteiger partial charge in [0, 0.05) is 10.9 Å². The van der Waals surface area contributed by atoms with E-state index >= 15 is 0 Å². The van der Waals surface area contributed by atoms with Crippen LogP contribution in [0.3, 0.4) is 0 Å². The molecule has 0 aliphatic heterocycles. The molecule has 0 saturated carbocycles. The summed E-state index contributed by atoms with van der Waals surface area (Å²) in [6, 6.07) is 13.9. The van der Waals surface area contributed by atoms with Crippen molar-refractivity contribution in [1.29, 1.82) is 0 Å². The predicted octanol–water partition coefficient (Wildman–Crippen LogP) is 4.69. The molecule has 0 radical (unpaired) electrons. The third-order valence-electron chi connectivity index (χ3n) is 3.15. The molecule has 152 valence electrons. The fourth-order valence-corrected chi connectivity index (χ4v) is 2.24. The maximum Gasteiger partial charge on any atom is 0.407 e. The van der Waals surface area contributed by atoms with Crippen LogP contribution in [-0.2, 0) is 10.1 Å². The molecule has 0 bridgehead atoms. The molecule has 0 heterocycles. The Kier molecular flexibility index (Phi) is 10.1. The molecule has 0 spiro atoms. The van der Waals surface area contributed by atoms with Crippen LogP contribution in [0.4, 0.5) is 4.79 Å². The van der Waals surface area contributed by atoms with E-state index in [1.165, 1.54) is 17.7 Å². The number of hydrogen-bond acceptors (Lipinski definition) is 5. The van der Waals surface area contributed by atoms with Crippen molar-refractivity contribution in [2.45, 2.75) is 31.7 Å². The minimum Gasteiger partial charge on any atom is -0.508 e. The molecule has 0 atom stereocenters. The zero-order valence-electron chi connectivity index (χ0n) is 16.3. The molecular formula is C21H26BrNO5. The highest BCUT2D eigenvalue weighted by Crippen LogP contribution is 2.13. The Hall–Kier alpha value is -2.54. The van der Waals surface area contributed by atoms with Crippen molar-refractivity contribution in [3.8, 4) is 11.5 Å². The maximum absolute atomic E-state index is 11.4. The minimum absolute atomic E-state index is 0.181. The Morgan fingerprint density at radius 1 is 1.11 bits per heavy atom. The number of hydrogen-bond donors (Lipinski definition) is 2. The number of halogens is 1. The zero-order valence-corrected chi connectivity index (χ0v) is 17.9. The molecule has 2 N–H and O–H groups in total. The topological polar surface area (TPSA) is 84.9 Å². The summed E-state index contributed by atoms with van der Waals surface area (Å²) in [5.41, 5.74) is 1.29. The number of carbonyl (C=O) groups is 2. The summed E-state index contributed by atoms with van der Waals surface area (Å²) in [7, 11) is 0. The maximum atomic E-state index is 11.4. The van der Waals surface area contributed by atoms with Crippen molar-refractivity contribution in [3.05, 3.63) is 59.7 Å². The first kappa shape index (κ1) is 23.5. The number of phenolic OH excluding ortho intramolecular Hbond substituents is 1. The number of amides is 1. The van der Waals surface area contributed by atoms with Crippen LogP contribution >= 0.6 is 15.9 Å². The number of aromatic hydroxyl groups is 1. The quantitative estimate of drug-likeness (QED) is 0.378. The lowest BCUT2D eigenvalue weighted by Gasteiger charge is -2.19. The van der Waals surface area contributed by atoms with Gasteiger partial charge in [-0.2, -0.15) is 0 Å². The standard InChI is InChI=1S/C14H20BrNO3.C7H6O2/c1-14(2,3)19-13(17)16-8-9-18-12-6-4-11(10-15)5-7-12;8-5-6-1-3-7(9)4-2-6/h4-7H,8-10H2,1-3H3,(H,16,17);1-5,9H. The lowest BCUT2D eigenvalue weighted by atomic mass is 10.2. The van der Waals surface area contributed by atoms with Crippen LogP contribution in [0.5, 0.6) is 11.5 Å². The zero-order chi connectivity index (χ0) is 21.0. The van der Waals surface area contributed by atoms with Crippen molar-refractivity contribution in [3.63, 3.8) is 0 Å². The predicted molar refractivity (Wildman–Crippen MR) is 112 cm³/mol. The fraction of sp³-hybridized carbons (Fsp3) is 0.333. The molecule has 0 fully saturated rings. The lowest BCUT2D eigenvalue weighted by molar-refractivity contribution is 0.0520. The molecule has 2 aromatic carbocycles. The van der Waals surface area contributed by atoms with Gasteiger partial charge in [-0.3, -0.25) is 4.79 Å². The third-order valence-corrected chi connectivity index (χ3v) is 3.79. The van der Waals surface area contributed by atoms with Crippen molar-refractivity contribution in [2.24, 2.45) is 0 Å². The second kappa shape index (κ2) is 12.0. The molecule has 0 aliphatic carbocycles. The number of alkyl halides is 1. The van der Waals surface area contributed by atoms with Crippen LogP contribution in [0, 0.1) is 0 Å². The van der Waals surface area contributed by atoms with Crippen LogP contribution in [0.2, 0.25) is 0 Å². The van der Waals surface area contributed by atoms with Gasteiger partial charge in [0.25, 0.3) is 0 Å². The largest absolute Gasteiger partial charge is 0.508 e. The number of rotatable bonds is 6.